The molecule has 6 nitrogen and oxygen atoms in total. The van der Waals surface area contributed by atoms with E-state index in [2.05, 4.69) is 47.4 Å². The lowest BCUT2D eigenvalue weighted by Gasteiger charge is -2.37. The molecule has 0 N–H and O–H groups in total. The highest BCUT2D eigenvalue weighted by Crippen LogP contribution is 2.41. The predicted octanol–water partition coefficient (Wildman–Crippen LogP) is 7.26. The van der Waals surface area contributed by atoms with Crippen molar-refractivity contribution in [1.82, 2.24) is 0 Å². The van der Waals surface area contributed by atoms with E-state index in [1.54, 1.807) is 14.2 Å². The van der Waals surface area contributed by atoms with Gasteiger partial charge in [0.2, 0.25) is 0 Å². The summed E-state index contributed by atoms with van der Waals surface area (Å²) in [4.78, 5) is 2.41. The third kappa shape index (κ3) is 8.17. The average molecular weight is 560 g/mol. The molecule has 2 aliphatic rings. The summed E-state index contributed by atoms with van der Waals surface area (Å²) >= 11 is 0. The Morgan fingerprint density at radius 3 is 2.54 bits per heavy atom. The minimum absolute atomic E-state index is 0.185. The molecule has 41 heavy (non-hydrogen) atoms. The van der Waals surface area contributed by atoms with Crippen LogP contribution in [0.5, 0.6) is 17.2 Å². The summed E-state index contributed by atoms with van der Waals surface area (Å²) in [6, 6.07) is 25.2. The van der Waals surface area contributed by atoms with E-state index in [1.165, 1.54) is 29.7 Å². The molecule has 1 heterocycles. The van der Waals surface area contributed by atoms with Gasteiger partial charge in [0.25, 0.3) is 0 Å². The molecule has 0 spiro atoms. The maximum absolute atomic E-state index is 6.71. The Hall–Kier alpha value is -3.22. The van der Waals surface area contributed by atoms with Gasteiger partial charge in [-0.05, 0) is 92.0 Å². The molecule has 0 unspecified atom stereocenters. The zero-order valence-electron chi connectivity index (χ0n) is 24.6. The van der Waals surface area contributed by atoms with Gasteiger partial charge >= 0.3 is 0 Å². The van der Waals surface area contributed by atoms with Gasteiger partial charge in [-0.15, -0.1) is 0 Å². The normalized spacial score (nSPS) is 20.2. The Bertz CT molecular complexity index is 1180. The fourth-order valence-electron chi connectivity index (χ4n) is 6.22. The molecule has 5 rings (SSSR count). The molecule has 220 valence electrons. The van der Waals surface area contributed by atoms with Crippen molar-refractivity contribution < 1.29 is 23.7 Å². The van der Waals surface area contributed by atoms with Gasteiger partial charge in [-0.3, -0.25) is 0 Å². The molecule has 6 heteroatoms. The van der Waals surface area contributed by atoms with E-state index in [4.69, 9.17) is 23.7 Å². The Labute approximate surface area is 245 Å². The van der Waals surface area contributed by atoms with Crippen LogP contribution in [-0.2, 0) is 16.1 Å². The summed E-state index contributed by atoms with van der Waals surface area (Å²) in [5.74, 6) is 3.84. The molecule has 0 amide bonds. The molecular weight excluding hydrogens is 514 g/mol. The van der Waals surface area contributed by atoms with Crippen LogP contribution in [0.4, 0.5) is 5.69 Å². The first-order chi connectivity index (χ1) is 20.2. The third-order valence-electron chi connectivity index (χ3n) is 8.43. The minimum atomic E-state index is 0.185. The standard InChI is InChI=1S/C35H45NO5/c1-37-21-7-19-36-20-23-40-35-18-12-28(25-33(35)36)26-41-34-17-11-27(8-6-22-39-31-9-4-3-5-10-31)24-32(34)29-13-15-30(38-2)16-14-29/h3-5,9-10,12-16,18,25,27,32,34H,6-8,11,17,19-24,26H2,1-2H3/t27-,32+,34-/m0/s1. The maximum atomic E-state index is 6.71. The molecule has 1 fully saturated rings. The first kappa shape index (κ1) is 29.3. The number of ether oxygens (including phenoxy) is 5. The zero-order chi connectivity index (χ0) is 28.3. The van der Waals surface area contributed by atoms with E-state index in [0.29, 0.717) is 18.4 Å². The summed E-state index contributed by atoms with van der Waals surface area (Å²) < 4.78 is 29.3. The van der Waals surface area contributed by atoms with Crippen molar-refractivity contribution in [3.8, 4) is 17.2 Å². The van der Waals surface area contributed by atoms with Gasteiger partial charge in [0.1, 0.15) is 23.9 Å². The summed E-state index contributed by atoms with van der Waals surface area (Å²) in [6.07, 6.45) is 6.82. The van der Waals surface area contributed by atoms with E-state index in [-0.39, 0.29) is 6.10 Å². The summed E-state index contributed by atoms with van der Waals surface area (Å²) in [5, 5.41) is 0. The summed E-state index contributed by atoms with van der Waals surface area (Å²) in [5.41, 5.74) is 3.70. The molecule has 1 aliphatic carbocycles. The molecule has 1 saturated carbocycles. The van der Waals surface area contributed by atoms with Gasteiger partial charge in [-0.25, -0.2) is 0 Å². The number of anilines is 1. The Morgan fingerprint density at radius 1 is 0.878 bits per heavy atom. The van der Waals surface area contributed by atoms with Crippen LogP contribution in [0.1, 0.15) is 55.6 Å². The van der Waals surface area contributed by atoms with Gasteiger partial charge in [-0.2, -0.15) is 0 Å². The van der Waals surface area contributed by atoms with Gasteiger partial charge < -0.3 is 28.6 Å². The van der Waals surface area contributed by atoms with Crippen LogP contribution in [0.25, 0.3) is 0 Å². The lowest BCUT2D eigenvalue weighted by Crippen LogP contribution is -2.34. The molecule has 1 aliphatic heterocycles. The molecule has 3 atom stereocenters. The number of para-hydroxylation sites is 1. The number of fused-ring (bicyclic) bond motifs is 1. The number of hydrogen-bond donors (Lipinski definition) is 0. The fourth-order valence-corrected chi connectivity index (χ4v) is 6.22. The quantitative estimate of drug-likeness (QED) is 0.194. The van der Waals surface area contributed by atoms with Crippen LogP contribution in [0.3, 0.4) is 0 Å². The van der Waals surface area contributed by atoms with E-state index in [0.717, 1.165) is 75.8 Å². The monoisotopic (exact) mass is 559 g/mol. The second-order valence-electron chi connectivity index (χ2n) is 11.2. The van der Waals surface area contributed by atoms with Crippen molar-refractivity contribution in [1.29, 1.82) is 0 Å². The first-order valence-electron chi connectivity index (χ1n) is 15.2. The highest BCUT2D eigenvalue weighted by molar-refractivity contribution is 5.61. The van der Waals surface area contributed by atoms with Crippen molar-refractivity contribution in [3.05, 3.63) is 83.9 Å². The molecule has 3 aromatic carbocycles. The number of nitrogens with zero attached hydrogens (tertiary/aromatic N) is 1. The highest BCUT2D eigenvalue weighted by atomic mass is 16.5. The number of methoxy groups -OCH3 is 2. The summed E-state index contributed by atoms with van der Waals surface area (Å²) in [6.45, 7) is 4.73. The van der Waals surface area contributed by atoms with Crippen molar-refractivity contribution in [2.75, 3.05) is 52.0 Å². The molecular formula is C35H45NO5. The largest absolute Gasteiger partial charge is 0.497 e. The highest BCUT2D eigenvalue weighted by Gasteiger charge is 2.32. The van der Waals surface area contributed by atoms with Crippen LogP contribution in [0, 0.1) is 5.92 Å². The molecule has 0 aromatic heterocycles. The summed E-state index contributed by atoms with van der Waals surface area (Å²) in [7, 11) is 3.48. The van der Waals surface area contributed by atoms with Crippen LogP contribution >= 0.6 is 0 Å². The molecule has 0 saturated heterocycles. The second kappa shape index (κ2) is 15.1. The second-order valence-corrected chi connectivity index (χ2v) is 11.2. The van der Waals surface area contributed by atoms with Gasteiger partial charge in [0.05, 0.1) is 38.7 Å². The predicted molar refractivity (Wildman–Crippen MR) is 163 cm³/mol. The zero-order valence-corrected chi connectivity index (χ0v) is 24.6. The first-order valence-corrected chi connectivity index (χ1v) is 15.2. The van der Waals surface area contributed by atoms with Gasteiger partial charge in [0.15, 0.2) is 0 Å². The van der Waals surface area contributed by atoms with Crippen LogP contribution in [-0.4, -0.2) is 53.2 Å². The number of rotatable bonds is 14. The fraction of sp³-hybridized carbons (Fsp3) is 0.486. The van der Waals surface area contributed by atoms with E-state index < -0.39 is 0 Å². The van der Waals surface area contributed by atoms with Crippen LogP contribution in [0.2, 0.25) is 0 Å². The lowest BCUT2D eigenvalue weighted by atomic mass is 9.74. The van der Waals surface area contributed by atoms with Crippen molar-refractivity contribution in [2.24, 2.45) is 5.92 Å². The Morgan fingerprint density at radius 2 is 1.73 bits per heavy atom. The Kier molecular flexibility index (Phi) is 10.8. The maximum Gasteiger partial charge on any atom is 0.142 e. The van der Waals surface area contributed by atoms with Crippen molar-refractivity contribution in [3.63, 3.8) is 0 Å². The molecule has 0 radical (unpaired) electrons. The SMILES string of the molecule is COCCCN1CCOc2ccc(CO[C@H]3CC[C@H](CCCOc4ccccc4)C[C@@H]3c3ccc(OC)cc3)cc21. The number of hydrogen-bond acceptors (Lipinski definition) is 6. The van der Waals surface area contributed by atoms with E-state index >= 15 is 0 Å². The van der Waals surface area contributed by atoms with Crippen LogP contribution in [0.15, 0.2) is 72.8 Å². The van der Waals surface area contributed by atoms with Gasteiger partial charge in [0, 0.05) is 26.2 Å². The van der Waals surface area contributed by atoms with E-state index in [9.17, 15) is 0 Å². The van der Waals surface area contributed by atoms with Crippen molar-refractivity contribution in [2.45, 2.75) is 57.2 Å². The van der Waals surface area contributed by atoms with Crippen molar-refractivity contribution >= 4 is 5.69 Å². The molecule has 0 bridgehead atoms. The third-order valence-corrected chi connectivity index (χ3v) is 8.43. The molecule has 3 aromatic rings. The number of benzene rings is 3. The minimum Gasteiger partial charge on any atom is -0.497 e. The Balaban J connectivity index is 1.21. The average Bonchev–Trinajstić information content (AvgIpc) is 3.03. The van der Waals surface area contributed by atoms with Crippen LogP contribution < -0.4 is 19.1 Å². The van der Waals surface area contributed by atoms with Gasteiger partial charge in [-0.1, -0.05) is 36.4 Å². The smallest absolute Gasteiger partial charge is 0.142 e. The lowest BCUT2D eigenvalue weighted by molar-refractivity contribution is -0.00976. The van der Waals surface area contributed by atoms with E-state index in [1.807, 2.05) is 30.3 Å². The topological polar surface area (TPSA) is 49.4 Å².